The van der Waals surface area contributed by atoms with Crippen molar-refractivity contribution in [3.63, 3.8) is 0 Å². The van der Waals surface area contributed by atoms with E-state index in [1.807, 2.05) is 0 Å². The van der Waals surface area contributed by atoms with E-state index < -0.39 is 54.1 Å². The molecule has 9 nitrogen and oxygen atoms in total. The van der Waals surface area contributed by atoms with E-state index in [-0.39, 0.29) is 6.61 Å². The summed E-state index contributed by atoms with van der Waals surface area (Å²) in [4.78, 5) is 11.4. The van der Waals surface area contributed by atoms with Gasteiger partial charge in [-0.05, 0) is 27.7 Å². The molecule has 0 aromatic carbocycles. The molecule has 2 rings (SSSR count). The lowest BCUT2D eigenvalue weighted by atomic mass is 9.95. The van der Waals surface area contributed by atoms with Gasteiger partial charge in [0.2, 0.25) is 0 Å². The van der Waals surface area contributed by atoms with Crippen LogP contribution in [0.1, 0.15) is 27.7 Å². The molecule has 0 spiro atoms. The molecule has 0 unspecified atom stereocenters. The van der Waals surface area contributed by atoms with Crippen LogP contribution < -0.4 is 5.73 Å². The second kappa shape index (κ2) is 6.83. The van der Waals surface area contributed by atoms with Crippen molar-refractivity contribution in [3.05, 3.63) is 0 Å². The standard InChI is InChI=1S/C15H27NO8/c1-14(2)21-6-7(22-14)11-12(24-15(3,4)23-11)8(16)9(17)10(18)13(19)20-5/h7-12,17-18H,6,16H2,1-5H3/t7-,8-,9-,10+,11-,12-/m1/s1. The minimum absolute atomic E-state index is 0.274. The maximum Gasteiger partial charge on any atom is 0.337 e. The van der Waals surface area contributed by atoms with Crippen LogP contribution in [0.15, 0.2) is 0 Å². The van der Waals surface area contributed by atoms with Gasteiger partial charge in [0.15, 0.2) is 17.7 Å². The highest BCUT2D eigenvalue weighted by Crippen LogP contribution is 2.37. The van der Waals surface area contributed by atoms with E-state index in [1.54, 1.807) is 27.7 Å². The summed E-state index contributed by atoms with van der Waals surface area (Å²) < 4.78 is 27.4. The van der Waals surface area contributed by atoms with Crippen LogP contribution in [0.2, 0.25) is 0 Å². The van der Waals surface area contributed by atoms with Gasteiger partial charge in [-0.3, -0.25) is 0 Å². The number of nitrogens with two attached hydrogens (primary N) is 1. The highest BCUT2D eigenvalue weighted by molar-refractivity contribution is 5.75. The van der Waals surface area contributed by atoms with E-state index >= 15 is 0 Å². The second-order valence-electron chi connectivity index (χ2n) is 6.97. The first-order chi connectivity index (χ1) is 11.0. The number of carbonyl (C=O) groups is 1. The number of rotatable bonds is 5. The summed E-state index contributed by atoms with van der Waals surface area (Å²) >= 11 is 0. The summed E-state index contributed by atoms with van der Waals surface area (Å²) in [5, 5.41) is 20.0. The molecule has 2 fully saturated rings. The molecule has 2 aliphatic rings. The second-order valence-corrected chi connectivity index (χ2v) is 6.97. The fraction of sp³-hybridized carbons (Fsp3) is 0.933. The fourth-order valence-corrected chi connectivity index (χ4v) is 2.94. The molecule has 24 heavy (non-hydrogen) atoms. The summed E-state index contributed by atoms with van der Waals surface area (Å²) in [6, 6.07) is -1.10. The first kappa shape index (κ1) is 19.5. The predicted molar refractivity (Wildman–Crippen MR) is 80.7 cm³/mol. The predicted octanol–water partition coefficient (Wildman–Crippen LogP) is -1.12. The summed E-state index contributed by atoms with van der Waals surface area (Å²) in [6.45, 7) is 7.24. The lowest BCUT2D eigenvalue weighted by molar-refractivity contribution is -0.175. The van der Waals surface area contributed by atoms with Gasteiger partial charge in [0, 0.05) is 0 Å². The van der Waals surface area contributed by atoms with Crippen molar-refractivity contribution in [1.29, 1.82) is 0 Å². The Kier molecular flexibility index (Phi) is 5.55. The van der Waals surface area contributed by atoms with Crippen molar-refractivity contribution in [3.8, 4) is 0 Å². The van der Waals surface area contributed by atoms with Crippen LogP contribution in [-0.2, 0) is 28.5 Å². The average Bonchev–Trinajstić information content (AvgIpc) is 3.02. The van der Waals surface area contributed by atoms with Crippen molar-refractivity contribution in [2.45, 2.75) is 75.8 Å². The van der Waals surface area contributed by atoms with E-state index in [4.69, 9.17) is 24.7 Å². The van der Waals surface area contributed by atoms with Crippen LogP contribution in [0, 0.1) is 0 Å². The molecular weight excluding hydrogens is 322 g/mol. The number of ether oxygens (including phenoxy) is 5. The molecule has 0 bridgehead atoms. The monoisotopic (exact) mass is 349 g/mol. The summed E-state index contributed by atoms with van der Waals surface area (Å²) in [6.07, 6.45) is -5.26. The lowest BCUT2D eigenvalue weighted by Crippen LogP contribution is -2.57. The van der Waals surface area contributed by atoms with Crippen LogP contribution in [0.25, 0.3) is 0 Å². The highest BCUT2D eigenvalue weighted by atomic mass is 16.8. The number of carbonyl (C=O) groups excluding carboxylic acids is 1. The molecule has 0 aromatic rings. The third kappa shape index (κ3) is 4.05. The minimum Gasteiger partial charge on any atom is -0.467 e. The maximum absolute atomic E-state index is 11.4. The quantitative estimate of drug-likeness (QED) is 0.528. The zero-order chi connectivity index (χ0) is 18.3. The Morgan fingerprint density at radius 2 is 1.79 bits per heavy atom. The van der Waals surface area contributed by atoms with Crippen LogP contribution in [0.4, 0.5) is 0 Å². The van der Waals surface area contributed by atoms with Crippen molar-refractivity contribution < 1.29 is 38.7 Å². The van der Waals surface area contributed by atoms with E-state index in [0.717, 1.165) is 7.11 Å². The Labute approximate surface area is 140 Å². The zero-order valence-electron chi connectivity index (χ0n) is 14.6. The lowest BCUT2D eigenvalue weighted by Gasteiger charge is -2.30. The van der Waals surface area contributed by atoms with Crippen molar-refractivity contribution in [1.82, 2.24) is 0 Å². The summed E-state index contributed by atoms with van der Waals surface area (Å²) in [7, 11) is 1.11. The van der Waals surface area contributed by atoms with E-state index in [9.17, 15) is 15.0 Å². The average molecular weight is 349 g/mol. The van der Waals surface area contributed by atoms with Gasteiger partial charge in [-0.15, -0.1) is 0 Å². The van der Waals surface area contributed by atoms with E-state index in [0.29, 0.717) is 0 Å². The van der Waals surface area contributed by atoms with Crippen LogP contribution in [0.5, 0.6) is 0 Å². The number of aliphatic hydroxyl groups is 2. The molecule has 140 valence electrons. The number of hydrogen-bond acceptors (Lipinski definition) is 9. The molecule has 2 aliphatic heterocycles. The Balaban J connectivity index is 2.14. The molecule has 0 saturated carbocycles. The third-order valence-electron chi connectivity index (χ3n) is 4.10. The Morgan fingerprint density at radius 3 is 2.29 bits per heavy atom. The molecular formula is C15H27NO8. The first-order valence-corrected chi connectivity index (χ1v) is 7.84. The van der Waals surface area contributed by atoms with E-state index in [1.165, 1.54) is 0 Å². The van der Waals surface area contributed by atoms with Crippen molar-refractivity contribution in [2.75, 3.05) is 13.7 Å². The van der Waals surface area contributed by atoms with Gasteiger partial charge < -0.3 is 39.6 Å². The van der Waals surface area contributed by atoms with Crippen LogP contribution in [-0.4, -0.2) is 78.0 Å². The normalized spacial score (nSPS) is 35.4. The molecule has 0 amide bonds. The number of esters is 1. The minimum atomic E-state index is -1.78. The van der Waals surface area contributed by atoms with Crippen LogP contribution >= 0.6 is 0 Å². The molecule has 6 atom stereocenters. The van der Waals surface area contributed by atoms with E-state index in [2.05, 4.69) is 4.74 Å². The zero-order valence-corrected chi connectivity index (χ0v) is 14.6. The molecule has 2 saturated heterocycles. The number of hydrogen-bond donors (Lipinski definition) is 3. The first-order valence-electron chi connectivity index (χ1n) is 7.84. The van der Waals surface area contributed by atoms with Crippen LogP contribution in [0.3, 0.4) is 0 Å². The van der Waals surface area contributed by atoms with Crippen molar-refractivity contribution in [2.24, 2.45) is 5.73 Å². The van der Waals surface area contributed by atoms with Gasteiger partial charge in [0.25, 0.3) is 0 Å². The smallest absolute Gasteiger partial charge is 0.337 e. The number of methoxy groups -OCH3 is 1. The third-order valence-corrected chi connectivity index (χ3v) is 4.10. The molecule has 2 heterocycles. The van der Waals surface area contributed by atoms with Gasteiger partial charge in [-0.25, -0.2) is 4.79 Å². The van der Waals surface area contributed by atoms with Gasteiger partial charge in [-0.1, -0.05) is 0 Å². The Morgan fingerprint density at radius 1 is 1.17 bits per heavy atom. The van der Waals surface area contributed by atoms with Gasteiger partial charge in [0.05, 0.1) is 19.8 Å². The number of aliphatic hydroxyl groups excluding tert-OH is 2. The van der Waals surface area contributed by atoms with Gasteiger partial charge in [-0.2, -0.15) is 0 Å². The topological polar surface area (TPSA) is 130 Å². The van der Waals surface area contributed by atoms with Crippen molar-refractivity contribution >= 4 is 5.97 Å². The van der Waals surface area contributed by atoms with Gasteiger partial charge in [0.1, 0.15) is 24.4 Å². The maximum atomic E-state index is 11.4. The molecule has 0 aliphatic carbocycles. The molecule has 0 radical (unpaired) electrons. The highest BCUT2D eigenvalue weighted by Gasteiger charge is 2.53. The Bertz CT molecular complexity index is 468. The largest absolute Gasteiger partial charge is 0.467 e. The van der Waals surface area contributed by atoms with Gasteiger partial charge >= 0.3 is 5.97 Å². The molecule has 9 heteroatoms. The Hall–Kier alpha value is -0.810. The SMILES string of the molecule is COC(=O)[C@@H](O)[C@H](O)[C@@H](N)[C@H]1OC(C)(C)O[C@@H]1[C@H]1COC(C)(C)O1. The summed E-state index contributed by atoms with van der Waals surface area (Å²) in [5.41, 5.74) is 6.04. The molecule has 0 aromatic heterocycles. The molecule has 4 N–H and O–H groups in total. The summed E-state index contributed by atoms with van der Waals surface area (Å²) in [5.74, 6) is -2.70. The fourth-order valence-electron chi connectivity index (χ4n) is 2.94.